The van der Waals surface area contributed by atoms with Crippen LogP contribution in [0, 0.1) is 0 Å². The normalized spacial score (nSPS) is 15.1. The number of carbonyl (C=O) groups excluding carboxylic acids is 1. The molecule has 3 N–H and O–H groups in total. The SMILES string of the molecule is CCN1CCN(c2ccc(N)cc2NC(=O)c2cccc(Cl)c2Cl)CC1. The molecule has 2 aromatic carbocycles. The number of halogens is 2. The van der Waals surface area contributed by atoms with Gasteiger partial charge in [0.25, 0.3) is 5.91 Å². The van der Waals surface area contributed by atoms with Crippen molar-refractivity contribution < 1.29 is 4.79 Å². The standard InChI is InChI=1S/C19H22Cl2N4O/c1-2-24-8-10-25(11-9-24)17-7-6-13(22)12-16(17)23-19(26)14-4-3-5-15(20)18(14)21/h3-7,12H,2,8-11,22H2,1H3,(H,23,26). The molecular weight excluding hydrogens is 371 g/mol. The van der Waals surface area contributed by atoms with Crippen LogP contribution in [0.1, 0.15) is 17.3 Å². The van der Waals surface area contributed by atoms with E-state index in [0.717, 1.165) is 38.4 Å². The average Bonchev–Trinajstić information content (AvgIpc) is 2.64. The van der Waals surface area contributed by atoms with Crippen molar-refractivity contribution in [2.45, 2.75) is 6.92 Å². The Balaban J connectivity index is 1.84. The van der Waals surface area contributed by atoms with E-state index in [2.05, 4.69) is 22.0 Å². The highest BCUT2D eigenvalue weighted by atomic mass is 35.5. The molecule has 5 nitrogen and oxygen atoms in total. The number of benzene rings is 2. The van der Waals surface area contributed by atoms with Crippen LogP contribution in [0.15, 0.2) is 36.4 Å². The lowest BCUT2D eigenvalue weighted by molar-refractivity contribution is 0.102. The van der Waals surface area contributed by atoms with Gasteiger partial charge >= 0.3 is 0 Å². The average molecular weight is 393 g/mol. The summed E-state index contributed by atoms with van der Waals surface area (Å²) >= 11 is 12.2. The first-order valence-electron chi connectivity index (χ1n) is 8.61. The van der Waals surface area contributed by atoms with Crippen LogP contribution in [0.2, 0.25) is 10.0 Å². The second-order valence-corrected chi connectivity index (χ2v) is 7.04. The Morgan fingerprint density at radius 2 is 1.88 bits per heavy atom. The molecule has 0 unspecified atom stereocenters. The van der Waals surface area contributed by atoms with E-state index >= 15 is 0 Å². The summed E-state index contributed by atoms with van der Waals surface area (Å²) in [5, 5.41) is 3.53. The molecule has 2 aromatic rings. The molecule has 1 fully saturated rings. The van der Waals surface area contributed by atoms with Crippen molar-refractivity contribution in [3.05, 3.63) is 52.0 Å². The Morgan fingerprint density at radius 3 is 2.58 bits per heavy atom. The summed E-state index contributed by atoms with van der Waals surface area (Å²) in [5.74, 6) is -0.309. The summed E-state index contributed by atoms with van der Waals surface area (Å²) in [5.41, 5.74) is 8.51. The zero-order chi connectivity index (χ0) is 18.7. The van der Waals surface area contributed by atoms with Gasteiger partial charge in [0.15, 0.2) is 0 Å². The number of likely N-dealkylation sites (N-methyl/N-ethyl adjacent to an activating group) is 1. The van der Waals surface area contributed by atoms with Crippen LogP contribution in [0.25, 0.3) is 0 Å². The van der Waals surface area contributed by atoms with E-state index in [1.54, 1.807) is 24.3 Å². The number of rotatable bonds is 4. The molecule has 0 atom stereocenters. The number of hydrogen-bond acceptors (Lipinski definition) is 4. The molecule has 1 aliphatic heterocycles. The number of hydrogen-bond donors (Lipinski definition) is 2. The van der Waals surface area contributed by atoms with Crippen molar-refractivity contribution in [1.82, 2.24) is 4.90 Å². The number of nitrogens with two attached hydrogens (primary N) is 1. The lowest BCUT2D eigenvalue weighted by atomic mass is 10.1. The Morgan fingerprint density at radius 1 is 1.15 bits per heavy atom. The molecule has 0 radical (unpaired) electrons. The highest BCUT2D eigenvalue weighted by Gasteiger charge is 2.20. The number of anilines is 3. The van der Waals surface area contributed by atoms with Gasteiger partial charge in [-0.05, 0) is 36.9 Å². The van der Waals surface area contributed by atoms with Gasteiger partial charge in [-0.25, -0.2) is 0 Å². The van der Waals surface area contributed by atoms with Gasteiger partial charge in [0.1, 0.15) is 0 Å². The van der Waals surface area contributed by atoms with E-state index in [1.165, 1.54) is 0 Å². The number of amides is 1. The molecule has 3 rings (SSSR count). The van der Waals surface area contributed by atoms with E-state index in [1.807, 2.05) is 12.1 Å². The first kappa shape index (κ1) is 18.8. The minimum atomic E-state index is -0.309. The Labute approximate surface area is 163 Å². The summed E-state index contributed by atoms with van der Waals surface area (Å²) in [6, 6.07) is 10.6. The molecule has 138 valence electrons. The lowest BCUT2D eigenvalue weighted by Crippen LogP contribution is -2.46. The molecule has 7 heteroatoms. The van der Waals surface area contributed by atoms with Gasteiger partial charge in [0.05, 0.1) is 27.0 Å². The van der Waals surface area contributed by atoms with E-state index in [-0.39, 0.29) is 10.9 Å². The third kappa shape index (κ3) is 4.06. The maximum atomic E-state index is 12.7. The number of nitrogen functional groups attached to an aromatic ring is 1. The zero-order valence-corrected chi connectivity index (χ0v) is 16.1. The third-order valence-corrected chi connectivity index (χ3v) is 5.44. The highest BCUT2D eigenvalue weighted by molar-refractivity contribution is 6.44. The number of piperazine rings is 1. The Kier molecular flexibility index (Phi) is 5.91. The minimum absolute atomic E-state index is 0.244. The maximum Gasteiger partial charge on any atom is 0.257 e. The van der Waals surface area contributed by atoms with Gasteiger partial charge in [-0.15, -0.1) is 0 Å². The van der Waals surface area contributed by atoms with Crippen molar-refractivity contribution in [3.63, 3.8) is 0 Å². The van der Waals surface area contributed by atoms with Crippen LogP contribution in [0.5, 0.6) is 0 Å². The molecule has 0 spiro atoms. The largest absolute Gasteiger partial charge is 0.399 e. The van der Waals surface area contributed by atoms with Crippen molar-refractivity contribution in [1.29, 1.82) is 0 Å². The monoisotopic (exact) mass is 392 g/mol. The van der Waals surface area contributed by atoms with E-state index in [9.17, 15) is 4.79 Å². The number of nitrogens with zero attached hydrogens (tertiary/aromatic N) is 2. The number of nitrogens with one attached hydrogen (secondary N) is 1. The summed E-state index contributed by atoms with van der Waals surface area (Å²) in [6.45, 7) is 7.01. The molecular formula is C19H22Cl2N4O. The molecule has 0 aliphatic carbocycles. The van der Waals surface area contributed by atoms with Crippen LogP contribution in [0.3, 0.4) is 0 Å². The molecule has 26 heavy (non-hydrogen) atoms. The molecule has 0 aromatic heterocycles. The fraction of sp³-hybridized carbons (Fsp3) is 0.316. The molecule has 1 aliphatic rings. The Bertz CT molecular complexity index is 804. The second kappa shape index (κ2) is 8.16. The van der Waals surface area contributed by atoms with Crippen LogP contribution >= 0.6 is 23.2 Å². The van der Waals surface area contributed by atoms with Gasteiger partial charge < -0.3 is 20.9 Å². The van der Waals surface area contributed by atoms with Crippen LogP contribution < -0.4 is 16.0 Å². The smallest absolute Gasteiger partial charge is 0.257 e. The lowest BCUT2D eigenvalue weighted by Gasteiger charge is -2.36. The molecule has 0 bridgehead atoms. The minimum Gasteiger partial charge on any atom is -0.399 e. The van der Waals surface area contributed by atoms with Gasteiger partial charge in [-0.2, -0.15) is 0 Å². The molecule has 1 amide bonds. The van der Waals surface area contributed by atoms with Crippen LogP contribution in [-0.4, -0.2) is 43.5 Å². The molecule has 0 saturated carbocycles. The predicted molar refractivity (Wildman–Crippen MR) is 110 cm³/mol. The maximum absolute atomic E-state index is 12.7. The zero-order valence-electron chi connectivity index (χ0n) is 14.6. The van der Waals surface area contributed by atoms with Crippen LogP contribution in [-0.2, 0) is 0 Å². The fourth-order valence-corrected chi connectivity index (χ4v) is 3.49. The number of carbonyl (C=O) groups is 1. The summed E-state index contributed by atoms with van der Waals surface area (Å²) in [7, 11) is 0. The molecule has 1 heterocycles. The second-order valence-electron chi connectivity index (χ2n) is 6.25. The van der Waals surface area contributed by atoms with Gasteiger partial charge in [0.2, 0.25) is 0 Å². The van der Waals surface area contributed by atoms with Gasteiger partial charge in [-0.3, -0.25) is 4.79 Å². The Hall–Kier alpha value is -1.95. The third-order valence-electron chi connectivity index (χ3n) is 4.63. The summed E-state index contributed by atoms with van der Waals surface area (Å²) in [4.78, 5) is 17.4. The first-order chi connectivity index (χ1) is 12.5. The van der Waals surface area contributed by atoms with Crippen molar-refractivity contribution in [2.75, 3.05) is 48.7 Å². The summed E-state index contributed by atoms with van der Waals surface area (Å²) in [6.07, 6.45) is 0. The molecule has 1 saturated heterocycles. The van der Waals surface area contributed by atoms with Crippen molar-refractivity contribution >= 4 is 46.2 Å². The fourth-order valence-electron chi connectivity index (χ4n) is 3.10. The van der Waals surface area contributed by atoms with Gasteiger partial charge in [0, 0.05) is 31.9 Å². The first-order valence-corrected chi connectivity index (χ1v) is 9.37. The quantitative estimate of drug-likeness (QED) is 0.772. The summed E-state index contributed by atoms with van der Waals surface area (Å²) < 4.78 is 0. The van der Waals surface area contributed by atoms with E-state index in [4.69, 9.17) is 28.9 Å². The predicted octanol–water partition coefficient (Wildman–Crippen LogP) is 3.97. The van der Waals surface area contributed by atoms with Gasteiger partial charge in [-0.1, -0.05) is 36.2 Å². The topological polar surface area (TPSA) is 61.6 Å². The van der Waals surface area contributed by atoms with Crippen molar-refractivity contribution in [3.8, 4) is 0 Å². The van der Waals surface area contributed by atoms with Crippen molar-refractivity contribution in [2.24, 2.45) is 0 Å². The van der Waals surface area contributed by atoms with E-state index in [0.29, 0.717) is 22.0 Å². The highest BCUT2D eigenvalue weighted by Crippen LogP contribution is 2.31. The van der Waals surface area contributed by atoms with Crippen LogP contribution in [0.4, 0.5) is 17.1 Å². The van der Waals surface area contributed by atoms with E-state index < -0.39 is 0 Å².